The van der Waals surface area contributed by atoms with Crippen molar-refractivity contribution in [1.82, 2.24) is 10.2 Å². The fraction of sp³-hybridized carbons (Fsp3) is 0.158. The Morgan fingerprint density at radius 1 is 1.12 bits per heavy atom. The lowest BCUT2D eigenvalue weighted by Gasteiger charge is -2.10. The predicted octanol–water partition coefficient (Wildman–Crippen LogP) is 4.82. The second-order valence-electron chi connectivity index (χ2n) is 5.27. The summed E-state index contributed by atoms with van der Waals surface area (Å²) in [5.74, 6) is 2.14. The van der Waals surface area contributed by atoms with Crippen LogP contribution in [0.2, 0.25) is 0 Å². The van der Waals surface area contributed by atoms with Crippen molar-refractivity contribution in [3.8, 4) is 23.0 Å². The summed E-state index contributed by atoms with van der Waals surface area (Å²) in [7, 11) is 1.61. The van der Waals surface area contributed by atoms with Gasteiger partial charge in [0.1, 0.15) is 0 Å². The fourth-order valence-corrected chi connectivity index (χ4v) is 2.55. The lowest BCUT2D eigenvalue weighted by molar-refractivity contribution is 0.251. The van der Waals surface area contributed by atoms with Gasteiger partial charge in [-0.05, 0) is 48.4 Å². The summed E-state index contributed by atoms with van der Waals surface area (Å²) in [6.45, 7) is 3.91. The highest BCUT2D eigenvalue weighted by Gasteiger charge is 2.11. The molecule has 0 saturated carbocycles. The Kier molecular flexibility index (Phi) is 5.50. The molecule has 6 heteroatoms. The van der Waals surface area contributed by atoms with E-state index in [0.717, 1.165) is 22.0 Å². The first kappa shape index (κ1) is 17.2. The highest BCUT2D eigenvalue weighted by Crippen LogP contribution is 2.29. The molecule has 0 aliphatic carbocycles. The van der Waals surface area contributed by atoms with Crippen LogP contribution in [0.3, 0.4) is 0 Å². The summed E-state index contributed by atoms with van der Waals surface area (Å²) in [5.41, 5.74) is 1.96. The summed E-state index contributed by atoms with van der Waals surface area (Å²) in [5, 5.41) is 8.08. The summed E-state index contributed by atoms with van der Waals surface area (Å²) < 4.78 is 17.8. The van der Waals surface area contributed by atoms with Gasteiger partial charge in [0.05, 0.1) is 7.11 Å². The number of methoxy groups -OCH3 is 1. The Hall–Kier alpha value is -2.60. The molecule has 3 aromatic rings. The third-order valence-corrected chi connectivity index (χ3v) is 4.05. The van der Waals surface area contributed by atoms with E-state index in [0.29, 0.717) is 23.3 Å². The first-order chi connectivity index (χ1) is 12.2. The normalized spacial score (nSPS) is 10.5. The molecule has 0 aliphatic rings. The summed E-state index contributed by atoms with van der Waals surface area (Å²) >= 11 is 3.40. The van der Waals surface area contributed by atoms with Crippen LogP contribution in [0.15, 0.2) is 64.0 Å². The molecule has 3 rings (SSSR count). The van der Waals surface area contributed by atoms with Crippen LogP contribution in [-0.4, -0.2) is 17.3 Å². The van der Waals surface area contributed by atoms with E-state index in [9.17, 15) is 0 Å². The van der Waals surface area contributed by atoms with Gasteiger partial charge in [0.2, 0.25) is 5.89 Å². The van der Waals surface area contributed by atoms with Crippen molar-refractivity contribution in [2.75, 3.05) is 7.11 Å². The van der Waals surface area contributed by atoms with Crippen molar-refractivity contribution in [1.29, 1.82) is 0 Å². The Balaban J connectivity index is 1.70. The van der Waals surface area contributed by atoms with Crippen molar-refractivity contribution in [3.05, 3.63) is 71.0 Å². The molecule has 0 N–H and O–H groups in total. The van der Waals surface area contributed by atoms with E-state index < -0.39 is 0 Å². The van der Waals surface area contributed by atoms with Crippen molar-refractivity contribution in [2.24, 2.45) is 0 Å². The second kappa shape index (κ2) is 7.98. The highest BCUT2D eigenvalue weighted by molar-refractivity contribution is 9.10. The van der Waals surface area contributed by atoms with Crippen molar-refractivity contribution in [2.45, 2.75) is 13.0 Å². The Morgan fingerprint density at radius 3 is 2.64 bits per heavy atom. The summed E-state index contributed by atoms with van der Waals surface area (Å²) in [6.07, 6.45) is 2.62. The van der Waals surface area contributed by atoms with Gasteiger partial charge in [0.25, 0.3) is 5.89 Å². The smallest absolute Gasteiger partial charge is 0.254 e. The molecule has 0 atom stereocenters. The third kappa shape index (κ3) is 4.28. The molecule has 0 saturated heterocycles. The standard InChI is InChI=1S/C19H17BrN2O3/c1-3-4-13-5-10-16(17(11-13)23-2)24-12-18-21-22-19(25-18)14-6-8-15(20)9-7-14/h3,5-11H,1,4,12H2,2H3. The lowest BCUT2D eigenvalue weighted by Crippen LogP contribution is -1.98. The van der Waals surface area contributed by atoms with Crippen LogP contribution in [0.5, 0.6) is 11.5 Å². The van der Waals surface area contributed by atoms with E-state index in [1.54, 1.807) is 7.11 Å². The minimum absolute atomic E-state index is 0.167. The maximum absolute atomic E-state index is 5.76. The SMILES string of the molecule is C=CCc1ccc(OCc2nnc(-c3ccc(Br)cc3)o2)c(OC)c1. The van der Waals surface area contributed by atoms with Gasteiger partial charge >= 0.3 is 0 Å². The first-order valence-electron chi connectivity index (χ1n) is 7.68. The van der Waals surface area contributed by atoms with Gasteiger partial charge in [0.15, 0.2) is 18.1 Å². The molecule has 25 heavy (non-hydrogen) atoms. The molecule has 2 aromatic carbocycles. The molecule has 0 spiro atoms. The average Bonchev–Trinajstić information content (AvgIpc) is 3.10. The van der Waals surface area contributed by atoms with E-state index in [4.69, 9.17) is 13.9 Å². The molecule has 1 heterocycles. The van der Waals surface area contributed by atoms with Crippen LogP contribution in [0, 0.1) is 0 Å². The van der Waals surface area contributed by atoms with Gasteiger partial charge in [-0.2, -0.15) is 0 Å². The van der Waals surface area contributed by atoms with Crippen molar-refractivity contribution in [3.63, 3.8) is 0 Å². The average molecular weight is 401 g/mol. The minimum atomic E-state index is 0.167. The zero-order valence-corrected chi connectivity index (χ0v) is 15.3. The van der Waals surface area contributed by atoms with Gasteiger partial charge in [-0.1, -0.05) is 28.1 Å². The molecule has 128 valence electrons. The van der Waals surface area contributed by atoms with E-state index >= 15 is 0 Å². The van der Waals surface area contributed by atoms with E-state index in [-0.39, 0.29) is 6.61 Å². The second-order valence-corrected chi connectivity index (χ2v) is 6.19. The quantitative estimate of drug-likeness (QED) is 0.532. The van der Waals surface area contributed by atoms with E-state index in [1.165, 1.54) is 0 Å². The Bertz CT molecular complexity index is 859. The zero-order chi connectivity index (χ0) is 17.6. The number of allylic oxidation sites excluding steroid dienone is 1. The number of aromatic nitrogens is 2. The number of rotatable bonds is 7. The summed E-state index contributed by atoms with van der Waals surface area (Å²) in [4.78, 5) is 0. The van der Waals surface area contributed by atoms with Gasteiger partial charge in [-0.3, -0.25) is 0 Å². The number of hydrogen-bond acceptors (Lipinski definition) is 5. The molecule has 0 unspecified atom stereocenters. The number of hydrogen-bond donors (Lipinski definition) is 0. The molecule has 0 amide bonds. The molecule has 1 aromatic heterocycles. The maximum atomic E-state index is 5.76. The van der Waals surface area contributed by atoms with Gasteiger partial charge in [0, 0.05) is 10.0 Å². The van der Waals surface area contributed by atoms with Crippen LogP contribution in [0.25, 0.3) is 11.5 Å². The third-order valence-electron chi connectivity index (χ3n) is 3.52. The molecule has 0 fully saturated rings. The lowest BCUT2D eigenvalue weighted by atomic mass is 10.1. The molecular formula is C19H17BrN2O3. The van der Waals surface area contributed by atoms with Crippen LogP contribution in [0.4, 0.5) is 0 Å². The topological polar surface area (TPSA) is 57.4 Å². The van der Waals surface area contributed by atoms with Crippen LogP contribution < -0.4 is 9.47 Å². The van der Waals surface area contributed by atoms with Crippen LogP contribution in [-0.2, 0) is 13.0 Å². The minimum Gasteiger partial charge on any atom is -0.493 e. The monoisotopic (exact) mass is 400 g/mol. The van der Waals surface area contributed by atoms with Crippen LogP contribution >= 0.6 is 15.9 Å². The maximum Gasteiger partial charge on any atom is 0.254 e. The predicted molar refractivity (Wildman–Crippen MR) is 98.7 cm³/mol. The summed E-state index contributed by atoms with van der Waals surface area (Å²) in [6, 6.07) is 13.4. The number of halogens is 1. The van der Waals surface area contributed by atoms with E-state index in [2.05, 4.69) is 32.7 Å². The van der Waals surface area contributed by atoms with Gasteiger partial charge in [-0.15, -0.1) is 16.8 Å². The first-order valence-corrected chi connectivity index (χ1v) is 8.48. The fourth-order valence-electron chi connectivity index (χ4n) is 2.29. The van der Waals surface area contributed by atoms with E-state index in [1.807, 2.05) is 48.5 Å². The number of ether oxygens (including phenoxy) is 2. The van der Waals surface area contributed by atoms with Crippen LogP contribution in [0.1, 0.15) is 11.5 Å². The largest absolute Gasteiger partial charge is 0.493 e. The van der Waals surface area contributed by atoms with Crippen molar-refractivity contribution < 1.29 is 13.9 Å². The number of benzene rings is 2. The molecule has 0 aliphatic heterocycles. The molecule has 0 radical (unpaired) electrons. The molecular weight excluding hydrogens is 384 g/mol. The molecule has 0 bridgehead atoms. The van der Waals surface area contributed by atoms with Crippen molar-refractivity contribution >= 4 is 15.9 Å². The van der Waals surface area contributed by atoms with Gasteiger partial charge in [-0.25, -0.2) is 0 Å². The Labute approximate surface area is 154 Å². The highest BCUT2D eigenvalue weighted by atomic mass is 79.9. The zero-order valence-electron chi connectivity index (χ0n) is 13.7. The molecule has 5 nitrogen and oxygen atoms in total. The number of nitrogens with zero attached hydrogens (tertiary/aromatic N) is 2. The Morgan fingerprint density at radius 2 is 1.92 bits per heavy atom. The van der Waals surface area contributed by atoms with Gasteiger partial charge < -0.3 is 13.9 Å².